The second kappa shape index (κ2) is 9.00. The van der Waals surface area contributed by atoms with E-state index < -0.39 is 0 Å². The monoisotopic (exact) mass is 423 g/mol. The largest absolute Gasteiger partial charge is 0.238 e. The third-order valence-corrected chi connectivity index (χ3v) is 3.01. The summed E-state index contributed by atoms with van der Waals surface area (Å²) in [5, 5.41) is 0. The van der Waals surface area contributed by atoms with E-state index in [1.165, 1.54) is 5.56 Å². The summed E-state index contributed by atoms with van der Waals surface area (Å²) in [5.74, 6) is 0.741. The van der Waals surface area contributed by atoms with E-state index >= 15 is 0 Å². The molecule has 0 saturated carbocycles. The molecular formula is C17H13N2Y2-. The summed E-state index contributed by atoms with van der Waals surface area (Å²) in [4.78, 5) is 8.85. The van der Waals surface area contributed by atoms with Crippen molar-refractivity contribution in [3.63, 3.8) is 0 Å². The molecule has 3 rings (SSSR count). The fourth-order valence-electron chi connectivity index (χ4n) is 1.91. The van der Waals surface area contributed by atoms with Crippen LogP contribution in [0.3, 0.4) is 0 Å². The van der Waals surface area contributed by atoms with Crippen LogP contribution in [0.2, 0.25) is 0 Å². The van der Waals surface area contributed by atoms with Gasteiger partial charge in [-0.1, -0.05) is 35.4 Å². The second-order valence-electron chi connectivity index (χ2n) is 4.45. The maximum Gasteiger partial charge on any atom is 0.134 e. The molecule has 1 heterocycles. The number of rotatable bonds is 2. The van der Waals surface area contributed by atoms with Gasteiger partial charge in [-0.05, 0) is 12.5 Å². The fourth-order valence-corrected chi connectivity index (χ4v) is 1.91. The first-order chi connectivity index (χ1) is 9.33. The van der Waals surface area contributed by atoms with Crippen molar-refractivity contribution in [3.8, 4) is 22.5 Å². The van der Waals surface area contributed by atoms with E-state index in [1.54, 1.807) is 0 Å². The van der Waals surface area contributed by atoms with Crippen LogP contribution in [0.5, 0.6) is 0 Å². The summed E-state index contributed by atoms with van der Waals surface area (Å²) in [6.07, 6.45) is 3.73. The molecule has 2 aromatic carbocycles. The summed E-state index contributed by atoms with van der Waals surface area (Å²) in [7, 11) is 0. The first-order valence-corrected chi connectivity index (χ1v) is 6.18. The van der Waals surface area contributed by atoms with Crippen LogP contribution in [0.25, 0.3) is 22.5 Å². The molecule has 0 spiro atoms. The van der Waals surface area contributed by atoms with E-state index in [4.69, 9.17) is 0 Å². The zero-order valence-electron chi connectivity index (χ0n) is 11.8. The van der Waals surface area contributed by atoms with Crippen molar-refractivity contribution in [3.05, 3.63) is 72.6 Å². The van der Waals surface area contributed by atoms with E-state index in [-0.39, 0.29) is 65.4 Å². The molecule has 2 nitrogen and oxygen atoms in total. The average Bonchev–Trinajstić information content (AvgIpc) is 2.49. The van der Waals surface area contributed by atoms with E-state index in [1.807, 2.05) is 36.7 Å². The molecular weight excluding hydrogens is 410 g/mol. The topological polar surface area (TPSA) is 25.8 Å². The minimum absolute atomic E-state index is 0. The van der Waals surface area contributed by atoms with Crippen LogP contribution in [-0.4, -0.2) is 9.97 Å². The minimum atomic E-state index is 0. The average molecular weight is 423 g/mol. The smallest absolute Gasteiger partial charge is 0.134 e. The number of nitrogens with zero attached hydrogens (tertiary/aromatic N) is 2. The standard InChI is InChI=1S/C17H13N2.2Y/c1-13-7-9-14(10-8-13)16-11-18-17(19-12-16)15-5-3-2-4-6-15;;/h3-12H,1H3;;/q-1;;. The van der Waals surface area contributed by atoms with Crippen molar-refractivity contribution in [2.24, 2.45) is 0 Å². The third-order valence-electron chi connectivity index (χ3n) is 3.01. The van der Waals surface area contributed by atoms with Gasteiger partial charge in [-0.25, -0.2) is 9.97 Å². The predicted octanol–water partition coefficient (Wildman–Crippen LogP) is 3.91. The summed E-state index contributed by atoms with van der Waals surface area (Å²) >= 11 is 0. The normalized spacial score (nSPS) is 9.38. The van der Waals surface area contributed by atoms with Gasteiger partial charge in [0.2, 0.25) is 0 Å². The zero-order chi connectivity index (χ0) is 13.1. The molecule has 21 heavy (non-hydrogen) atoms. The molecule has 0 atom stereocenters. The summed E-state index contributed by atoms with van der Waals surface area (Å²) in [6.45, 7) is 2.08. The fraction of sp³-hybridized carbons (Fsp3) is 0.0588. The zero-order valence-corrected chi connectivity index (χ0v) is 17.5. The molecule has 0 fully saturated rings. The maximum absolute atomic E-state index is 4.42. The Kier molecular flexibility index (Phi) is 8.05. The van der Waals surface area contributed by atoms with Crippen molar-refractivity contribution < 1.29 is 65.4 Å². The van der Waals surface area contributed by atoms with Crippen LogP contribution in [0, 0.1) is 13.0 Å². The molecule has 0 amide bonds. The maximum atomic E-state index is 4.42. The van der Waals surface area contributed by atoms with Crippen molar-refractivity contribution in [1.29, 1.82) is 0 Å². The van der Waals surface area contributed by atoms with Crippen molar-refractivity contribution in [2.45, 2.75) is 6.92 Å². The Bertz CT molecular complexity index is 665. The van der Waals surface area contributed by atoms with E-state index in [0.717, 1.165) is 22.5 Å². The molecule has 0 bridgehead atoms. The molecule has 98 valence electrons. The van der Waals surface area contributed by atoms with Crippen LogP contribution in [0.4, 0.5) is 0 Å². The van der Waals surface area contributed by atoms with E-state index in [9.17, 15) is 0 Å². The van der Waals surface area contributed by atoms with Gasteiger partial charge in [0, 0.05) is 83.4 Å². The summed E-state index contributed by atoms with van der Waals surface area (Å²) < 4.78 is 0. The van der Waals surface area contributed by atoms with Gasteiger partial charge in [0.15, 0.2) is 0 Å². The SMILES string of the molecule is Cc1ccc(-c2cnc(-c3cc[c-]cc3)nc2)cc1.[Y].[Y]. The third kappa shape index (κ3) is 4.86. The van der Waals surface area contributed by atoms with Crippen LogP contribution >= 0.6 is 0 Å². The van der Waals surface area contributed by atoms with Gasteiger partial charge in [-0.3, -0.25) is 0 Å². The van der Waals surface area contributed by atoms with Gasteiger partial charge in [-0.15, -0.1) is 0 Å². The molecule has 0 aliphatic carbocycles. The van der Waals surface area contributed by atoms with Crippen molar-refractivity contribution in [1.82, 2.24) is 9.97 Å². The van der Waals surface area contributed by atoms with Gasteiger partial charge >= 0.3 is 0 Å². The summed E-state index contributed by atoms with van der Waals surface area (Å²) in [5.41, 5.74) is 4.43. The van der Waals surface area contributed by atoms with Crippen molar-refractivity contribution in [2.75, 3.05) is 0 Å². The Morgan fingerprint density at radius 1 is 0.714 bits per heavy atom. The molecule has 2 radical (unpaired) electrons. The molecule has 0 N–H and O–H groups in total. The van der Waals surface area contributed by atoms with Crippen LogP contribution < -0.4 is 0 Å². The molecule has 0 aliphatic rings. The Labute approximate surface area is 175 Å². The molecule has 3 aromatic rings. The number of aryl methyl sites for hydroxylation is 1. The number of hydrogen-bond donors (Lipinski definition) is 0. The first kappa shape index (κ1) is 18.8. The second-order valence-corrected chi connectivity index (χ2v) is 4.45. The van der Waals surface area contributed by atoms with Crippen LogP contribution in [0.15, 0.2) is 60.9 Å². The van der Waals surface area contributed by atoms with E-state index in [0.29, 0.717) is 0 Å². The number of hydrogen-bond acceptors (Lipinski definition) is 2. The van der Waals surface area contributed by atoms with E-state index in [2.05, 4.69) is 47.2 Å². The van der Waals surface area contributed by atoms with Gasteiger partial charge in [-0.2, -0.15) is 30.3 Å². The molecule has 0 unspecified atom stereocenters. The Balaban J connectivity index is 0.00000110. The van der Waals surface area contributed by atoms with Crippen molar-refractivity contribution >= 4 is 0 Å². The van der Waals surface area contributed by atoms with Gasteiger partial charge < -0.3 is 0 Å². The molecule has 4 heteroatoms. The molecule has 0 saturated heterocycles. The number of aromatic nitrogens is 2. The minimum Gasteiger partial charge on any atom is -0.238 e. The number of benzene rings is 2. The Hall–Kier alpha value is -0.272. The Morgan fingerprint density at radius 2 is 1.29 bits per heavy atom. The van der Waals surface area contributed by atoms with Crippen LogP contribution in [0.1, 0.15) is 5.56 Å². The Morgan fingerprint density at radius 3 is 1.86 bits per heavy atom. The van der Waals surface area contributed by atoms with Gasteiger partial charge in [0.1, 0.15) is 5.82 Å². The van der Waals surface area contributed by atoms with Gasteiger partial charge in [0.25, 0.3) is 0 Å². The van der Waals surface area contributed by atoms with Gasteiger partial charge in [0.05, 0.1) is 0 Å². The first-order valence-electron chi connectivity index (χ1n) is 6.18. The molecule has 0 aliphatic heterocycles. The quantitative estimate of drug-likeness (QED) is 0.585. The predicted molar refractivity (Wildman–Crippen MR) is 76.5 cm³/mol. The summed E-state index contributed by atoms with van der Waals surface area (Å²) in [6, 6.07) is 19.0. The molecule has 1 aromatic heterocycles. The van der Waals surface area contributed by atoms with Crippen LogP contribution in [-0.2, 0) is 65.4 Å².